The Balaban J connectivity index is 1.59. The maximum Gasteiger partial charge on any atom is 0.417 e. The molecule has 2 aromatic carbocycles. The number of hydrogen-bond acceptors (Lipinski definition) is 4. The molecular formula is C26H29F4N2O3. The molecule has 189 valence electrons. The molecule has 0 bridgehead atoms. The summed E-state index contributed by atoms with van der Waals surface area (Å²) in [5.74, 6) is -1.00. The third-order valence-corrected chi connectivity index (χ3v) is 6.51. The number of benzene rings is 2. The van der Waals surface area contributed by atoms with Gasteiger partial charge in [-0.2, -0.15) is 13.2 Å². The number of rotatable bonds is 7. The van der Waals surface area contributed by atoms with Crippen LogP contribution in [0.3, 0.4) is 0 Å². The molecule has 1 saturated heterocycles. The van der Waals surface area contributed by atoms with E-state index in [4.69, 9.17) is 4.74 Å². The number of aromatic nitrogens is 1. The van der Waals surface area contributed by atoms with E-state index in [2.05, 4.69) is 9.88 Å². The van der Waals surface area contributed by atoms with Crippen molar-refractivity contribution in [1.82, 2.24) is 9.88 Å². The van der Waals surface area contributed by atoms with Crippen molar-refractivity contribution in [3.8, 4) is 5.75 Å². The molecule has 1 unspecified atom stereocenters. The van der Waals surface area contributed by atoms with Gasteiger partial charge in [0.05, 0.1) is 19.8 Å². The third-order valence-electron chi connectivity index (χ3n) is 6.51. The zero-order chi connectivity index (χ0) is 25.4. The van der Waals surface area contributed by atoms with Crippen LogP contribution in [-0.4, -0.2) is 58.2 Å². The molecule has 1 aromatic heterocycles. The van der Waals surface area contributed by atoms with Gasteiger partial charge in [0.1, 0.15) is 11.6 Å². The van der Waals surface area contributed by atoms with Crippen molar-refractivity contribution >= 4 is 10.9 Å². The van der Waals surface area contributed by atoms with E-state index >= 15 is 0 Å². The molecule has 1 radical (unpaired) electrons. The van der Waals surface area contributed by atoms with E-state index in [0.717, 1.165) is 42.2 Å². The standard InChI is InChI=1S/C26H29F4N2O3/c1-24(2,21-13-19(27)5-6-23(21)33)16-25(34,26(28,29)30)14-20-12-18-4-3-17(11-22(18)31-20)15-32-7-9-35-10-8-32/h3-6,11-13,15,31,33-34H,7-10,14,16H2,1-2H3. The summed E-state index contributed by atoms with van der Waals surface area (Å²) in [5, 5.41) is 21.8. The zero-order valence-electron chi connectivity index (χ0n) is 19.6. The number of aromatic hydroxyl groups is 1. The second-order valence-electron chi connectivity index (χ2n) is 9.85. The first-order valence-electron chi connectivity index (χ1n) is 11.4. The molecule has 3 aromatic rings. The van der Waals surface area contributed by atoms with Gasteiger partial charge in [0.15, 0.2) is 5.60 Å². The number of alkyl halides is 3. The van der Waals surface area contributed by atoms with Crippen LogP contribution in [0.1, 0.15) is 37.1 Å². The number of phenols is 1. The molecule has 0 amide bonds. The van der Waals surface area contributed by atoms with Crippen LogP contribution >= 0.6 is 0 Å². The smallest absolute Gasteiger partial charge is 0.417 e. The van der Waals surface area contributed by atoms with Crippen molar-refractivity contribution in [2.45, 2.75) is 43.9 Å². The molecule has 1 fully saturated rings. The number of morpholine rings is 1. The van der Waals surface area contributed by atoms with Crippen LogP contribution in [0.25, 0.3) is 10.9 Å². The van der Waals surface area contributed by atoms with Crippen LogP contribution in [-0.2, 0) is 16.6 Å². The number of aromatic amines is 1. The summed E-state index contributed by atoms with van der Waals surface area (Å²) in [6, 6.07) is 10.3. The summed E-state index contributed by atoms with van der Waals surface area (Å²) in [4.78, 5) is 5.14. The summed E-state index contributed by atoms with van der Waals surface area (Å²) in [7, 11) is 0. The summed E-state index contributed by atoms with van der Waals surface area (Å²) < 4.78 is 61.6. The first kappa shape index (κ1) is 25.5. The van der Waals surface area contributed by atoms with E-state index in [1.54, 1.807) is 6.07 Å². The molecule has 9 heteroatoms. The Hall–Kier alpha value is -2.62. The zero-order valence-corrected chi connectivity index (χ0v) is 19.6. The van der Waals surface area contributed by atoms with Crippen molar-refractivity contribution in [3.05, 3.63) is 71.6 Å². The van der Waals surface area contributed by atoms with Gasteiger partial charge < -0.3 is 19.9 Å². The fraction of sp³-hybridized carbons (Fsp3) is 0.423. The number of halogens is 4. The molecule has 0 saturated carbocycles. The minimum Gasteiger partial charge on any atom is -0.508 e. The lowest BCUT2D eigenvalue weighted by Gasteiger charge is -2.38. The summed E-state index contributed by atoms with van der Waals surface area (Å²) in [6.45, 7) is 7.69. The average molecular weight is 494 g/mol. The Morgan fingerprint density at radius 3 is 2.46 bits per heavy atom. The van der Waals surface area contributed by atoms with Crippen molar-refractivity contribution < 1.29 is 32.5 Å². The van der Waals surface area contributed by atoms with Gasteiger partial charge in [-0.1, -0.05) is 26.0 Å². The van der Waals surface area contributed by atoms with Crippen LogP contribution in [0.5, 0.6) is 5.75 Å². The van der Waals surface area contributed by atoms with Gasteiger partial charge in [-0.3, -0.25) is 4.90 Å². The highest BCUT2D eigenvalue weighted by Gasteiger charge is 2.56. The van der Waals surface area contributed by atoms with E-state index in [-0.39, 0.29) is 17.0 Å². The molecule has 2 heterocycles. The van der Waals surface area contributed by atoms with Gasteiger partial charge in [0.2, 0.25) is 0 Å². The number of nitrogens with one attached hydrogen (secondary N) is 1. The highest BCUT2D eigenvalue weighted by atomic mass is 19.4. The molecule has 1 aliphatic rings. The second kappa shape index (κ2) is 9.44. The molecule has 5 nitrogen and oxygen atoms in total. The van der Waals surface area contributed by atoms with Crippen molar-refractivity contribution in [1.29, 1.82) is 0 Å². The Bertz CT molecular complexity index is 1190. The van der Waals surface area contributed by atoms with Gasteiger partial charge in [-0.05, 0) is 53.1 Å². The fourth-order valence-corrected chi connectivity index (χ4v) is 4.75. The summed E-state index contributed by atoms with van der Waals surface area (Å²) in [6.07, 6.45) is -6.45. The van der Waals surface area contributed by atoms with E-state index in [1.807, 2.05) is 24.7 Å². The van der Waals surface area contributed by atoms with Gasteiger partial charge in [0, 0.05) is 36.3 Å². The number of hydrogen-bond donors (Lipinski definition) is 3. The molecule has 35 heavy (non-hydrogen) atoms. The van der Waals surface area contributed by atoms with Crippen LogP contribution in [0.2, 0.25) is 0 Å². The number of H-pyrrole nitrogens is 1. The maximum absolute atomic E-state index is 14.2. The monoisotopic (exact) mass is 493 g/mol. The van der Waals surface area contributed by atoms with Crippen LogP contribution in [0, 0.1) is 12.4 Å². The molecule has 0 aliphatic carbocycles. The predicted octanol–water partition coefficient (Wildman–Crippen LogP) is 5.06. The van der Waals surface area contributed by atoms with E-state index in [1.165, 1.54) is 13.8 Å². The van der Waals surface area contributed by atoms with Gasteiger partial charge in [-0.15, -0.1) is 0 Å². The van der Waals surface area contributed by atoms with E-state index in [0.29, 0.717) is 18.7 Å². The summed E-state index contributed by atoms with van der Waals surface area (Å²) in [5.41, 5.74) is -2.69. The predicted molar refractivity (Wildman–Crippen MR) is 125 cm³/mol. The minimum atomic E-state index is -4.96. The normalized spacial score (nSPS) is 17.6. The molecule has 1 atom stereocenters. The Labute approximate surface area is 201 Å². The van der Waals surface area contributed by atoms with Crippen molar-refractivity contribution in [2.75, 3.05) is 26.3 Å². The van der Waals surface area contributed by atoms with E-state index < -0.39 is 35.9 Å². The quantitative estimate of drug-likeness (QED) is 0.403. The van der Waals surface area contributed by atoms with Crippen molar-refractivity contribution in [2.24, 2.45) is 0 Å². The molecule has 0 spiro atoms. The Morgan fingerprint density at radius 1 is 1.06 bits per heavy atom. The highest BCUT2D eigenvalue weighted by Crippen LogP contribution is 2.45. The number of aliphatic hydroxyl groups is 1. The largest absolute Gasteiger partial charge is 0.508 e. The fourth-order valence-electron chi connectivity index (χ4n) is 4.75. The van der Waals surface area contributed by atoms with Gasteiger partial charge >= 0.3 is 6.18 Å². The lowest BCUT2D eigenvalue weighted by Crippen LogP contribution is -2.50. The first-order valence-corrected chi connectivity index (χ1v) is 11.4. The Kier molecular flexibility index (Phi) is 6.87. The third kappa shape index (κ3) is 5.63. The lowest BCUT2D eigenvalue weighted by atomic mass is 9.73. The van der Waals surface area contributed by atoms with E-state index in [9.17, 15) is 27.8 Å². The van der Waals surface area contributed by atoms with Crippen molar-refractivity contribution in [3.63, 3.8) is 0 Å². The Morgan fingerprint density at radius 2 is 1.77 bits per heavy atom. The topological polar surface area (TPSA) is 68.7 Å². The minimum absolute atomic E-state index is 0.000105. The maximum atomic E-state index is 14.2. The lowest BCUT2D eigenvalue weighted by molar-refractivity contribution is -0.266. The van der Waals surface area contributed by atoms with Gasteiger partial charge in [-0.25, -0.2) is 4.39 Å². The summed E-state index contributed by atoms with van der Waals surface area (Å²) >= 11 is 0. The van der Waals surface area contributed by atoms with Crippen LogP contribution < -0.4 is 0 Å². The van der Waals surface area contributed by atoms with Gasteiger partial charge in [0.25, 0.3) is 0 Å². The molecule has 4 rings (SSSR count). The second-order valence-corrected chi connectivity index (χ2v) is 9.85. The number of fused-ring (bicyclic) bond motifs is 1. The first-order chi connectivity index (χ1) is 16.4. The highest BCUT2D eigenvalue weighted by molar-refractivity contribution is 5.81. The molecular weight excluding hydrogens is 464 g/mol. The average Bonchev–Trinajstić information content (AvgIpc) is 3.16. The number of nitrogens with zero attached hydrogens (tertiary/aromatic N) is 1. The van der Waals surface area contributed by atoms with Crippen LogP contribution in [0.4, 0.5) is 17.6 Å². The molecule has 3 N–H and O–H groups in total. The number of phenolic OH excluding ortho intramolecular Hbond substituents is 1. The SMILES string of the molecule is CC(C)(CC(O)(Cc1cc2ccc([CH]N3CCOCC3)cc2[nH]1)C(F)(F)F)c1cc(F)ccc1O. The molecule has 1 aliphatic heterocycles. The number of ether oxygens (including phenoxy) is 1. The van der Waals surface area contributed by atoms with Crippen LogP contribution in [0.15, 0.2) is 42.5 Å².